The van der Waals surface area contributed by atoms with Crippen molar-refractivity contribution in [3.63, 3.8) is 0 Å². The number of ether oxygens (including phenoxy) is 1. The number of hydrogen-bond acceptors (Lipinski definition) is 3. The molecule has 146 valence electrons. The van der Waals surface area contributed by atoms with Crippen LogP contribution in [0, 0.1) is 0 Å². The largest absolute Gasteiger partial charge is 0.494 e. The Morgan fingerprint density at radius 2 is 1.88 bits per heavy atom. The van der Waals surface area contributed by atoms with E-state index in [9.17, 15) is 0 Å². The molecule has 0 saturated carbocycles. The standard InChI is InChI=1S/C21H36N4O/c1-4-22-21(23-14-6-7-15-25-16-8-9-17-25)24(3)18-19-10-12-20(13-11-19)26-5-2/h10-13H,4-9,14-18H2,1-3H3,(H,22,23). The Hall–Kier alpha value is -1.75. The van der Waals surface area contributed by atoms with Crippen LogP contribution >= 0.6 is 0 Å². The van der Waals surface area contributed by atoms with Crippen LogP contribution in [0.2, 0.25) is 0 Å². The van der Waals surface area contributed by atoms with Gasteiger partial charge in [0.2, 0.25) is 0 Å². The van der Waals surface area contributed by atoms with Gasteiger partial charge in [0, 0.05) is 26.7 Å². The van der Waals surface area contributed by atoms with Crippen molar-refractivity contribution in [2.24, 2.45) is 4.99 Å². The van der Waals surface area contributed by atoms with Gasteiger partial charge in [-0.15, -0.1) is 0 Å². The number of likely N-dealkylation sites (tertiary alicyclic amines) is 1. The molecule has 0 amide bonds. The van der Waals surface area contributed by atoms with E-state index in [0.29, 0.717) is 6.61 Å². The van der Waals surface area contributed by atoms with Gasteiger partial charge in [0.25, 0.3) is 0 Å². The molecule has 0 spiro atoms. The summed E-state index contributed by atoms with van der Waals surface area (Å²) in [4.78, 5) is 9.58. The molecule has 0 radical (unpaired) electrons. The molecule has 5 heteroatoms. The zero-order valence-corrected chi connectivity index (χ0v) is 16.8. The van der Waals surface area contributed by atoms with Crippen LogP contribution in [0.25, 0.3) is 0 Å². The number of unbranched alkanes of at least 4 members (excludes halogenated alkanes) is 1. The number of guanidine groups is 1. The molecule has 0 atom stereocenters. The minimum Gasteiger partial charge on any atom is -0.494 e. The van der Waals surface area contributed by atoms with Gasteiger partial charge >= 0.3 is 0 Å². The summed E-state index contributed by atoms with van der Waals surface area (Å²) in [7, 11) is 2.10. The van der Waals surface area contributed by atoms with Gasteiger partial charge in [0.05, 0.1) is 6.61 Å². The first kappa shape index (κ1) is 20.6. The second kappa shape index (κ2) is 11.8. The fraction of sp³-hybridized carbons (Fsp3) is 0.667. The van der Waals surface area contributed by atoms with Gasteiger partial charge in [0.1, 0.15) is 5.75 Å². The van der Waals surface area contributed by atoms with Crippen molar-refractivity contribution in [1.82, 2.24) is 15.1 Å². The fourth-order valence-corrected chi connectivity index (χ4v) is 3.31. The second-order valence-electron chi connectivity index (χ2n) is 6.92. The van der Waals surface area contributed by atoms with Crippen molar-refractivity contribution in [2.45, 2.75) is 46.1 Å². The molecule has 0 bridgehead atoms. The smallest absolute Gasteiger partial charge is 0.193 e. The van der Waals surface area contributed by atoms with Crippen molar-refractivity contribution in [1.29, 1.82) is 0 Å². The lowest BCUT2D eigenvalue weighted by molar-refractivity contribution is 0.331. The quantitative estimate of drug-likeness (QED) is 0.395. The van der Waals surface area contributed by atoms with E-state index >= 15 is 0 Å². The first-order valence-corrected chi connectivity index (χ1v) is 10.2. The van der Waals surface area contributed by atoms with Crippen molar-refractivity contribution in [2.75, 3.05) is 46.4 Å². The van der Waals surface area contributed by atoms with Gasteiger partial charge in [-0.3, -0.25) is 4.99 Å². The van der Waals surface area contributed by atoms with E-state index in [1.807, 2.05) is 19.1 Å². The Balaban J connectivity index is 1.77. The lowest BCUT2D eigenvalue weighted by Gasteiger charge is -2.22. The average Bonchev–Trinajstić information content (AvgIpc) is 3.16. The average molecular weight is 361 g/mol. The van der Waals surface area contributed by atoms with Gasteiger partial charge in [-0.1, -0.05) is 12.1 Å². The number of nitrogens with one attached hydrogen (secondary N) is 1. The molecule has 1 aromatic rings. The summed E-state index contributed by atoms with van der Waals surface area (Å²) in [5, 5.41) is 3.41. The summed E-state index contributed by atoms with van der Waals surface area (Å²) in [5.74, 6) is 1.92. The van der Waals surface area contributed by atoms with Crippen LogP contribution in [0.5, 0.6) is 5.75 Å². The van der Waals surface area contributed by atoms with E-state index in [-0.39, 0.29) is 0 Å². The van der Waals surface area contributed by atoms with E-state index in [1.54, 1.807) is 0 Å². The van der Waals surface area contributed by atoms with Crippen LogP contribution in [0.1, 0.15) is 45.1 Å². The Bertz CT molecular complexity index is 523. The Kier molecular flexibility index (Phi) is 9.32. The van der Waals surface area contributed by atoms with Crippen LogP contribution in [0.4, 0.5) is 0 Å². The number of nitrogens with zero attached hydrogens (tertiary/aromatic N) is 3. The number of aliphatic imine (C=N–C) groups is 1. The van der Waals surface area contributed by atoms with Gasteiger partial charge in [-0.25, -0.2) is 0 Å². The lowest BCUT2D eigenvalue weighted by atomic mass is 10.2. The highest BCUT2D eigenvalue weighted by Crippen LogP contribution is 2.13. The minimum atomic E-state index is 0.703. The van der Waals surface area contributed by atoms with Crippen molar-refractivity contribution < 1.29 is 4.74 Å². The monoisotopic (exact) mass is 360 g/mol. The normalized spacial score (nSPS) is 15.3. The summed E-state index contributed by atoms with van der Waals surface area (Å²) in [6, 6.07) is 8.33. The maximum absolute atomic E-state index is 5.51. The molecule has 1 aliphatic heterocycles. The van der Waals surface area contributed by atoms with Gasteiger partial charge < -0.3 is 19.9 Å². The summed E-state index contributed by atoms with van der Waals surface area (Å²) in [5.41, 5.74) is 1.26. The SMILES string of the molecule is CCNC(=NCCCCN1CCCC1)N(C)Cc1ccc(OCC)cc1. The molecule has 0 aromatic heterocycles. The zero-order valence-electron chi connectivity index (χ0n) is 16.8. The Morgan fingerprint density at radius 3 is 2.54 bits per heavy atom. The minimum absolute atomic E-state index is 0.703. The molecular formula is C21H36N4O. The number of rotatable bonds is 10. The first-order valence-electron chi connectivity index (χ1n) is 10.2. The van der Waals surface area contributed by atoms with E-state index in [4.69, 9.17) is 9.73 Å². The number of hydrogen-bond donors (Lipinski definition) is 1. The Labute approximate surface area is 159 Å². The highest BCUT2D eigenvalue weighted by Gasteiger charge is 2.10. The summed E-state index contributed by atoms with van der Waals surface area (Å²) in [6.07, 6.45) is 5.14. The molecule has 1 heterocycles. The summed E-state index contributed by atoms with van der Waals surface area (Å²) in [6.45, 7) is 11.3. The van der Waals surface area contributed by atoms with E-state index in [1.165, 1.54) is 44.5 Å². The topological polar surface area (TPSA) is 40.1 Å². The predicted octanol–water partition coefficient (Wildman–Crippen LogP) is 3.36. The molecule has 26 heavy (non-hydrogen) atoms. The van der Waals surface area contributed by atoms with Gasteiger partial charge in [-0.05, 0) is 76.9 Å². The fourth-order valence-electron chi connectivity index (χ4n) is 3.31. The Morgan fingerprint density at radius 1 is 1.15 bits per heavy atom. The molecule has 1 saturated heterocycles. The van der Waals surface area contributed by atoms with Gasteiger partial charge in [-0.2, -0.15) is 0 Å². The molecule has 0 aliphatic carbocycles. The predicted molar refractivity (Wildman–Crippen MR) is 110 cm³/mol. The maximum atomic E-state index is 5.51. The van der Waals surface area contributed by atoms with Crippen LogP contribution in [-0.2, 0) is 6.54 Å². The molecule has 0 unspecified atom stereocenters. The third-order valence-electron chi connectivity index (χ3n) is 4.69. The molecule has 2 rings (SSSR count). The third kappa shape index (κ3) is 7.24. The number of benzene rings is 1. The molecule has 5 nitrogen and oxygen atoms in total. The molecular weight excluding hydrogens is 324 g/mol. The van der Waals surface area contributed by atoms with Crippen LogP contribution in [-0.4, -0.2) is 62.1 Å². The van der Waals surface area contributed by atoms with E-state index in [0.717, 1.165) is 37.8 Å². The zero-order chi connectivity index (χ0) is 18.6. The van der Waals surface area contributed by atoms with Crippen molar-refractivity contribution >= 4 is 5.96 Å². The summed E-state index contributed by atoms with van der Waals surface area (Å²) >= 11 is 0. The molecule has 1 fully saturated rings. The van der Waals surface area contributed by atoms with E-state index < -0.39 is 0 Å². The third-order valence-corrected chi connectivity index (χ3v) is 4.69. The van der Waals surface area contributed by atoms with Crippen LogP contribution < -0.4 is 10.1 Å². The first-order chi connectivity index (χ1) is 12.7. The highest BCUT2D eigenvalue weighted by molar-refractivity contribution is 5.79. The second-order valence-corrected chi connectivity index (χ2v) is 6.92. The van der Waals surface area contributed by atoms with Gasteiger partial charge in [0.15, 0.2) is 5.96 Å². The van der Waals surface area contributed by atoms with E-state index in [2.05, 4.69) is 41.2 Å². The maximum Gasteiger partial charge on any atom is 0.193 e. The lowest BCUT2D eigenvalue weighted by Crippen LogP contribution is -2.38. The molecule has 1 aliphatic rings. The molecule has 1 N–H and O–H groups in total. The highest BCUT2D eigenvalue weighted by atomic mass is 16.5. The molecule has 1 aromatic carbocycles. The van der Waals surface area contributed by atoms with Crippen LogP contribution in [0.15, 0.2) is 29.3 Å². The summed E-state index contributed by atoms with van der Waals surface area (Å²) < 4.78 is 5.51. The van der Waals surface area contributed by atoms with Crippen molar-refractivity contribution in [3.8, 4) is 5.75 Å². The van der Waals surface area contributed by atoms with Crippen molar-refractivity contribution in [3.05, 3.63) is 29.8 Å². The van der Waals surface area contributed by atoms with Crippen LogP contribution in [0.3, 0.4) is 0 Å².